The number of aryl methyl sites for hydroxylation is 1. The van der Waals surface area contributed by atoms with Gasteiger partial charge < -0.3 is 10.8 Å². The predicted octanol–water partition coefficient (Wildman–Crippen LogP) is 2.57. The highest BCUT2D eigenvalue weighted by molar-refractivity contribution is 5.42. The zero-order valence-corrected chi connectivity index (χ0v) is 8.89. The van der Waals surface area contributed by atoms with Crippen LogP contribution in [0, 0.1) is 12.7 Å². The van der Waals surface area contributed by atoms with E-state index in [1.54, 1.807) is 6.07 Å². The van der Waals surface area contributed by atoms with E-state index in [4.69, 9.17) is 5.73 Å². The molecule has 15 heavy (non-hydrogen) atoms. The largest absolute Gasteiger partial charge is 0.505 e. The maximum atomic E-state index is 13.4. The molecule has 0 spiro atoms. The molecule has 82 valence electrons. The number of aromatic hydroxyl groups is 1. The van der Waals surface area contributed by atoms with E-state index in [1.165, 1.54) is 6.07 Å². The van der Waals surface area contributed by atoms with Crippen LogP contribution in [-0.4, -0.2) is 5.11 Å². The lowest BCUT2D eigenvalue weighted by molar-refractivity contribution is 0.385. The predicted molar refractivity (Wildman–Crippen MR) is 57.1 cm³/mol. The number of hydrogen-bond acceptors (Lipinski definition) is 2. The van der Waals surface area contributed by atoms with Crippen molar-refractivity contribution < 1.29 is 9.50 Å². The van der Waals surface area contributed by atoms with E-state index in [1.807, 2.05) is 6.92 Å². The first-order valence-corrected chi connectivity index (χ1v) is 5.31. The lowest BCUT2D eigenvalue weighted by Crippen LogP contribution is -2.33. The van der Waals surface area contributed by atoms with Gasteiger partial charge in [-0.05, 0) is 31.4 Å². The van der Waals surface area contributed by atoms with Crippen molar-refractivity contribution in [1.82, 2.24) is 0 Å². The Labute approximate surface area is 88.9 Å². The first-order chi connectivity index (χ1) is 7.03. The molecule has 3 N–H and O–H groups in total. The lowest BCUT2D eigenvalue weighted by Gasteiger charge is -2.25. The highest BCUT2D eigenvalue weighted by Crippen LogP contribution is 2.41. The summed E-state index contributed by atoms with van der Waals surface area (Å²) in [5.74, 6) is -0.841. The Morgan fingerprint density at radius 3 is 2.53 bits per heavy atom. The number of phenols is 1. The molecular weight excluding hydrogens is 193 g/mol. The average molecular weight is 209 g/mol. The van der Waals surface area contributed by atoms with Crippen LogP contribution in [0.3, 0.4) is 0 Å². The van der Waals surface area contributed by atoms with Gasteiger partial charge in [0.2, 0.25) is 0 Å². The third-order valence-corrected chi connectivity index (χ3v) is 3.24. The molecule has 2 nitrogen and oxygen atoms in total. The summed E-state index contributed by atoms with van der Waals surface area (Å²) in [5.41, 5.74) is 7.03. The molecule has 0 aromatic heterocycles. The Morgan fingerprint density at radius 1 is 1.33 bits per heavy atom. The molecule has 0 unspecified atom stereocenters. The normalized spacial score (nSPS) is 19.4. The van der Waals surface area contributed by atoms with Crippen molar-refractivity contribution in [2.24, 2.45) is 5.73 Å². The highest BCUT2D eigenvalue weighted by atomic mass is 19.1. The maximum Gasteiger partial charge on any atom is 0.165 e. The van der Waals surface area contributed by atoms with Gasteiger partial charge in [0.25, 0.3) is 0 Å². The molecule has 0 radical (unpaired) electrons. The SMILES string of the molecule is Cc1cc(F)c(O)c(C2(N)CCCC2)c1. The molecule has 1 aromatic rings. The summed E-state index contributed by atoms with van der Waals surface area (Å²) in [6.07, 6.45) is 3.74. The van der Waals surface area contributed by atoms with E-state index < -0.39 is 11.4 Å². The zero-order valence-electron chi connectivity index (χ0n) is 8.89. The molecule has 1 aliphatic rings. The average Bonchev–Trinajstić information content (AvgIpc) is 2.59. The topological polar surface area (TPSA) is 46.2 Å². The highest BCUT2D eigenvalue weighted by Gasteiger charge is 2.34. The summed E-state index contributed by atoms with van der Waals surface area (Å²) in [6, 6.07) is 3.13. The number of phenolic OH excluding ortho intramolecular Hbond substituents is 1. The summed E-state index contributed by atoms with van der Waals surface area (Å²) in [7, 11) is 0. The Bertz CT molecular complexity index is 383. The minimum atomic E-state index is -0.568. The van der Waals surface area contributed by atoms with E-state index in [9.17, 15) is 9.50 Å². The van der Waals surface area contributed by atoms with Crippen LogP contribution in [-0.2, 0) is 5.54 Å². The van der Waals surface area contributed by atoms with Crippen LogP contribution in [0.1, 0.15) is 36.8 Å². The Morgan fingerprint density at radius 2 is 1.93 bits per heavy atom. The number of nitrogens with two attached hydrogens (primary N) is 1. The van der Waals surface area contributed by atoms with Crippen LogP contribution in [0.4, 0.5) is 4.39 Å². The molecule has 0 atom stereocenters. The van der Waals surface area contributed by atoms with Gasteiger partial charge in [0.05, 0.1) is 0 Å². The van der Waals surface area contributed by atoms with Crippen molar-refractivity contribution in [2.45, 2.75) is 38.1 Å². The van der Waals surface area contributed by atoms with E-state index in [0.29, 0.717) is 5.56 Å². The second-order valence-corrected chi connectivity index (χ2v) is 4.51. The monoisotopic (exact) mass is 209 g/mol. The molecule has 1 aliphatic carbocycles. The summed E-state index contributed by atoms with van der Waals surface area (Å²) in [4.78, 5) is 0. The fourth-order valence-corrected chi connectivity index (χ4v) is 2.39. The van der Waals surface area contributed by atoms with Gasteiger partial charge in [-0.2, -0.15) is 0 Å². The number of rotatable bonds is 1. The Balaban J connectivity index is 2.51. The van der Waals surface area contributed by atoms with Crippen molar-refractivity contribution >= 4 is 0 Å². The quantitative estimate of drug-likeness (QED) is 0.746. The first-order valence-electron chi connectivity index (χ1n) is 5.31. The van der Waals surface area contributed by atoms with Gasteiger partial charge in [0.1, 0.15) is 0 Å². The van der Waals surface area contributed by atoms with Gasteiger partial charge >= 0.3 is 0 Å². The first kappa shape index (κ1) is 10.4. The van der Waals surface area contributed by atoms with Gasteiger partial charge in [0, 0.05) is 11.1 Å². The van der Waals surface area contributed by atoms with Gasteiger partial charge in [-0.1, -0.05) is 18.9 Å². The standard InChI is InChI=1S/C12H16FNO/c1-8-6-9(11(15)10(13)7-8)12(14)4-2-3-5-12/h6-7,15H,2-5,14H2,1H3. The Kier molecular flexibility index (Phi) is 2.43. The van der Waals surface area contributed by atoms with E-state index >= 15 is 0 Å². The molecule has 0 amide bonds. The van der Waals surface area contributed by atoms with Crippen molar-refractivity contribution in [2.75, 3.05) is 0 Å². The summed E-state index contributed by atoms with van der Waals surface area (Å²) < 4.78 is 13.4. The van der Waals surface area contributed by atoms with E-state index in [-0.39, 0.29) is 5.75 Å². The zero-order chi connectivity index (χ0) is 11.1. The van der Waals surface area contributed by atoms with Gasteiger partial charge in [-0.25, -0.2) is 4.39 Å². The Hall–Kier alpha value is -1.09. The van der Waals surface area contributed by atoms with Crippen LogP contribution in [0.15, 0.2) is 12.1 Å². The molecule has 0 bridgehead atoms. The minimum absolute atomic E-state index is 0.273. The number of benzene rings is 1. The van der Waals surface area contributed by atoms with Crippen LogP contribution in [0.2, 0.25) is 0 Å². The van der Waals surface area contributed by atoms with Gasteiger partial charge in [-0.3, -0.25) is 0 Å². The molecule has 1 fully saturated rings. The molecule has 2 rings (SSSR count). The third-order valence-electron chi connectivity index (χ3n) is 3.24. The molecule has 3 heteroatoms. The van der Waals surface area contributed by atoms with Crippen LogP contribution < -0.4 is 5.73 Å². The fourth-order valence-electron chi connectivity index (χ4n) is 2.39. The van der Waals surface area contributed by atoms with Crippen LogP contribution >= 0.6 is 0 Å². The lowest BCUT2D eigenvalue weighted by atomic mass is 9.87. The smallest absolute Gasteiger partial charge is 0.165 e. The molecule has 0 heterocycles. The van der Waals surface area contributed by atoms with Crippen molar-refractivity contribution in [3.8, 4) is 5.75 Å². The molecule has 0 saturated heterocycles. The van der Waals surface area contributed by atoms with Gasteiger partial charge in [0.15, 0.2) is 11.6 Å². The van der Waals surface area contributed by atoms with E-state index in [2.05, 4.69) is 0 Å². The van der Waals surface area contributed by atoms with Gasteiger partial charge in [-0.15, -0.1) is 0 Å². The van der Waals surface area contributed by atoms with Crippen molar-refractivity contribution in [1.29, 1.82) is 0 Å². The number of halogens is 1. The third kappa shape index (κ3) is 1.72. The molecular formula is C12H16FNO. The van der Waals surface area contributed by atoms with Crippen LogP contribution in [0.25, 0.3) is 0 Å². The van der Waals surface area contributed by atoms with Crippen LogP contribution in [0.5, 0.6) is 5.75 Å². The fraction of sp³-hybridized carbons (Fsp3) is 0.500. The number of hydrogen-bond donors (Lipinski definition) is 2. The molecule has 1 aromatic carbocycles. The molecule has 0 aliphatic heterocycles. The second-order valence-electron chi connectivity index (χ2n) is 4.51. The summed E-state index contributed by atoms with van der Waals surface area (Å²) in [6.45, 7) is 1.81. The second kappa shape index (κ2) is 3.49. The minimum Gasteiger partial charge on any atom is -0.505 e. The summed E-state index contributed by atoms with van der Waals surface area (Å²) >= 11 is 0. The molecule has 1 saturated carbocycles. The van der Waals surface area contributed by atoms with Crippen molar-refractivity contribution in [3.05, 3.63) is 29.1 Å². The van der Waals surface area contributed by atoms with E-state index in [0.717, 1.165) is 31.2 Å². The maximum absolute atomic E-state index is 13.4. The summed E-state index contributed by atoms with van der Waals surface area (Å²) in [5, 5.41) is 9.69. The van der Waals surface area contributed by atoms with Crippen molar-refractivity contribution in [3.63, 3.8) is 0 Å².